The lowest BCUT2D eigenvalue weighted by Crippen LogP contribution is -2.12. The van der Waals surface area contributed by atoms with Gasteiger partial charge >= 0.3 is 0 Å². The molecule has 2 heterocycles. The summed E-state index contributed by atoms with van der Waals surface area (Å²) in [6.07, 6.45) is 2.06. The first-order valence-electron chi connectivity index (χ1n) is 6.78. The van der Waals surface area contributed by atoms with Crippen molar-refractivity contribution in [2.75, 3.05) is 5.73 Å². The molecule has 0 radical (unpaired) electrons. The van der Waals surface area contributed by atoms with Crippen LogP contribution in [-0.2, 0) is 12.5 Å². The van der Waals surface area contributed by atoms with E-state index in [4.69, 9.17) is 5.73 Å². The molecule has 0 aliphatic carbocycles. The second-order valence-corrected chi connectivity index (χ2v) is 6.29. The number of nitrogens with two attached hydrogens (primary N) is 1. The van der Waals surface area contributed by atoms with E-state index in [0.717, 1.165) is 11.4 Å². The number of aromatic nitrogens is 3. The highest BCUT2D eigenvalue weighted by molar-refractivity contribution is 5.82. The zero-order valence-corrected chi connectivity index (χ0v) is 12.4. The summed E-state index contributed by atoms with van der Waals surface area (Å²) < 4.78 is 3.92. The van der Waals surface area contributed by atoms with Gasteiger partial charge < -0.3 is 10.3 Å². The molecule has 4 nitrogen and oxygen atoms in total. The molecule has 0 spiro atoms. The smallest absolute Gasteiger partial charge is 0.127 e. The minimum atomic E-state index is -0.00375. The van der Waals surface area contributed by atoms with Gasteiger partial charge in [0.15, 0.2) is 0 Å². The summed E-state index contributed by atoms with van der Waals surface area (Å²) in [5.74, 6) is 0.671. The van der Waals surface area contributed by atoms with E-state index in [0.29, 0.717) is 5.82 Å². The summed E-state index contributed by atoms with van der Waals surface area (Å²) in [6.45, 7) is 6.42. The molecule has 104 valence electrons. The van der Waals surface area contributed by atoms with Crippen molar-refractivity contribution in [2.24, 2.45) is 7.05 Å². The summed E-state index contributed by atoms with van der Waals surface area (Å²) in [5.41, 5.74) is 9.31. The molecule has 0 aliphatic rings. The van der Waals surface area contributed by atoms with Crippen molar-refractivity contribution in [3.8, 4) is 5.69 Å². The average Bonchev–Trinajstić information content (AvgIpc) is 2.93. The minimum Gasteiger partial charge on any atom is -0.384 e. The molecule has 0 aliphatic heterocycles. The monoisotopic (exact) mass is 268 g/mol. The van der Waals surface area contributed by atoms with Crippen LogP contribution in [0.4, 0.5) is 5.82 Å². The van der Waals surface area contributed by atoms with Gasteiger partial charge in [0, 0.05) is 35.6 Å². The summed E-state index contributed by atoms with van der Waals surface area (Å²) in [4.78, 5) is 0. The Hall–Kier alpha value is -2.23. The molecule has 4 heteroatoms. The molecule has 2 aromatic heterocycles. The van der Waals surface area contributed by atoms with Crippen LogP contribution in [-0.4, -0.2) is 14.3 Å². The molecule has 0 atom stereocenters. The van der Waals surface area contributed by atoms with Crippen molar-refractivity contribution < 1.29 is 0 Å². The number of aryl methyl sites for hydroxylation is 1. The van der Waals surface area contributed by atoms with Crippen molar-refractivity contribution in [2.45, 2.75) is 26.2 Å². The van der Waals surface area contributed by atoms with Gasteiger partial charge in [-0.1, -0.05) is 20.8 Å². The maximum Gasteiger partial charge on any atom is 0.127 e. The molecular formula is C16H20N4. The van der Waals surface area contributed by atoms with Crippen molar-refractivity contribution in [1.29, 1.82) is 0 Å². The number of fused-ring (bicyclic) bond motifs is 1. The molecule has 0 amide bonds. The summed E-state index contributed by atoms with van der Waals surface area (Å²) >= 11 is 0. The van der Waals surface area contributed by atoms with Gasteiger partial charge in [0.2, 0.25) is 0 Å². The number of anilines is 1. The Balaban J connectivity index is 2.13. The van der Waals surface area contributed by atoms with Gasteiger partial charge in [-0.05, 0) is 24.3 Å². The van der Waals surface area contributed by atoms with Crippen LogP contribution in [0.3, 0.4) is 0 Å². The van der Waals surface area contributed by atoms with Crippen LogP contribution in [0, 0.1) is 0 Å². The Kier molecular flexibility index (Phi) is 2.64. The molecule has 1 aromatic carbocycles. The summed E-state index contributed by atoms with van der Waals surface area (Å²) in [5, 5.41) is 5.84. The quantitative estimate of drug-likeness (QED) is 0.736. The first-order valence-corrected chi connectivity index (χ1v) is 6.78. The zero-order valence-electron chi connectivity index (χ0n) is 12.4. The fraction of sp³-hybridized carbons (Fsp3) is 0.312. The fourth-order valence-electron chi connectivity index (χ4n) is 2.37. The molecule has 0 unspecified atom stereocenters. The Morgan fingerprint density at radius 1 is 1.10 bits per heavy atom. The highest BCUT2D eigenvalue weighted by atomic mass is 15.3. The van der Waals surface area contributed by atoms with E-state index in [9.17, 15) is 0 Å². The molecule has 3 aromatic rings. The van der Waals surface area contributed by atoms with E-state index in [-0.39, 0.29) is 5.41 Å². The topological polar surface area (TPSA) is 48.8 Å². The zero-order chi connectivity index (χ0) is 14.5. The van der Waals surface area contributed by atoms with Gasteiger partial charge in [-0.3, -0.25) is 0 Å². The molecule has 0 saturated carbocycles. The maximum atomic E-state index is 6.11. The lowest BCUT2D eigenvalue weighted by molar-refractivity contribution is 0.560. The molecular weight excluding hydrogens is 248 g/mol. The largest absolute Gasteiger partial charge is 0.384 e. The Bertz CT molecular complexity index is 771. The number of nitrogen functional groups attached to an aromatic ring is 1. The second-order valence-electron chi connectivity index (χ2n) is 6.29. The number of rotatable bonds is 1. The van der Waals surface area contributed by atoms with E-state index in [1.807, 2.05) is 17.8 Å². The average molecular weight is 268 g/mol. The fourth-order valence-corrected chi connectivity index (χ4v) is 2.37. The molecule has 0 fully saturated rings. The summed E-state index contributed by atoms with van der Waals surface area (Å²) in [6, 6.07) is 10.3. The van der Waals surface area contributed by atoms with Gasteiger partial charge in [-0.15, -0.1) is 0 Å². The predicted octanol–water partition coefficient (Wildman–Crippen LogP) is 3.24. The van der Waals surface area contributed by atoms with Crippen LogP contribution in [0.5, 0.6) is 0 Å². The van der Waals surface area contributed by atoms with Crippen molar-refractivity contribution >= 4 is 16.7 Å². The number of hydrogen-bond acceptors (Lipinski definition) is 2. The Morgan fingerprint density at radius 2 is 1.85 bits per heavy atom. The van der Waals surface area contributed by atoms with Gasteiger partial charge in [0.05, 0.1) is 11.4 Å². The van der Waals surface area contributed by atoms with E-state index >= 15 is 0 Å². The molecule has 3 rings (SSSR count). The van der Waals surface area contributed by atoms with Crippen molar-refractivity contribution in [3.63, 3.8) is 0 Å². The lowest BCUT2D eigenvalue weighted by atomic mass is 9.92. The van der Waals surface area contributed by atoms with Crippen LogP contribution < -0.4 is 5.73 Å². The van der Waals surface area contributed by atoms with E-state index in [2.05, 4.69) is 60.9 Å². The van der Waals surface area contributed by atoms with Crippen LogP contribution in [0.15, 0.2) is 36.5 Å². The second kappa shape index (κ2) is 4.13. The first-order chi connectivity index (χ1) is 9.36. The number of benzene rings is 1. The third-order valence-corrected chi connectivity index (χ3v) is 3.62. The van der Waals surface area contributed by atoms with Gasteiger partial charge in [-0.25, -0.2) is 4.68 Å². The van der Waals surface area contributed by atoms with E-state index in [1.165, 1.54) is 10.9 Å². The summed E-state index contributed by atoms with van der Waals surface area (Å²) in [7, 11) is 2.04. The standard InChI is InChI=1S/C16H20N4/c1-16(2,3)14-10-15(17)20(18-14)12-5-6-13-11(9-12)7-8-19(13)4/h5-10H,17H2,1-4H3. The first kappa shape index (κ1) is 12.8. The molecule has 20 heavy (non-hydrogen) atoms. The highest BCUT2D eigenvalue weighted by Crippen LogP contribution is 2.26. The molecule has 2 N–H and O–H groups in total. The van der Waals surface area contributed by atoms with Crippen LogP contribution >= 0.6 is 0 Å². The maximum absolute atomic E-state index is 6.11. The van der Waals surface area contributed by atoms with Crippen molar-refractivity contribution in [1.82, 2.24) is 14.3 Å². The third kappa shape index (κ3) is 1.97. The van der Waals surface area contributed by atoms with Crippen LogP contribution in [0.25, 0.3) is 16.6 Å². The van der Waals surface area contributed by atoms with E-state index < -0.39 is 0 Å². The number of nitrogens with zero attached hydrogens (tertiary/aromatic N) is 3. The van der Waals surface area contributed by atoms with Crippen LogP contribution in [0.2, 0.25) is 0 Å². The molecule has 0 bridgehead atoms. The van der Waals surface area contributed by atoms with Crippen LogP contribution in [0.1, 0.15) is 26.5 Å². The predicted molar refractivity (Wildman–Crippen MR) is 83.2 cm³/mol. The minimum absolute atomic E-state index is 0.00375. The normalized spacial score (nSPS) is 12.2. The van der Waals surface area contributed by atoms with Crippen molar-refractivity contribution in [3.05, 3.63) is 42.2 Å². The van der Waals surface area contributed by atoms with Gasteiger partial charge in [0.25, 0.3) is 0 Å². The van der Waals surface area contributed by atoms with Gasteiger partial charge in [0.1, 0.15) is 5.82 Å². The Morgan fingerprint density at radius 3 is 2.50 bits per heavy atom. The van der Waals surface area contributed by atoms with Gasteiger partial charge in [-0.2, -0.15) is 5.10 Å². The molecule has 0 saturated heterocycles. The SMILES string of the molecule is Cn1ccc2cc(-n3nc(C(C)(C)C)cc3N)ccc21. The lowest BCUT2D eigenvalue weighted by Gasteiger charge is -2.14. The third-order valence-electron chi connectivity index (χ3n) is 3.62. The van der Waals surface area contributed by atoms with E-state index in [1.54, 1.807) is 0 Å². The highest BCUT2D eigenvalue weighted by Gasteiger charge is 2.19. The number of hydrogen-bond donors (Lipinski definition) is 1. The Labute approximate surface area is 118 Å².